The maximum absolute atomic E-state index is 13.1. The Morgan fingerprint density at radius 3 is 1.90 bits per heavy atom. The minimum atomic E-state index is -0.576. The SMILES string of the molecule is COc1cc(O)c2c(=O)c(OC)c(-c3c(OC)cc(OC)c(OC)c3OC)oc2c1. The molecule has 0 fully saturated rings. The number of hydrogen-bond donors (Lipinski definition) is 1. The van der Waals surface area contributed by atoms with Crippen LogP contribution in [0, 0.1) is 0 Å². The fourth-order valence-corrected chi connectivity index (χ4v) is 3.24. The third-order valence-electron chi connectivity index (χ3n) is 4.59. The highest BCUT2D eigenvalue weighted by atomic mass is 16.5. The van der Waals surface area contributed by atoms with Gasteiger partial charge < -0.3 is 37.9 Å². The lowest BCUT2D eigenvalue weighted by molar-refractivity contribution is 0.318. The molecule has 9 nitrogen and oxygen atoms in total. The van der Waals surface area contributed by atoms with Crippen LogP contribution in [0.2, 0.25) is 0 Å². The molecular weight excluding hydrogens is 396 g/mol. The Hall–Kier alpha value is -3.75. The summed E-state index contributed by atoms with van der Waals surface area (Å²) in [4.78, 5) is 13.1. The van der Waals surface area contributed by atoms with Gasteiger partial charge in [-0.1, -0.05) is 0 Å². The van der Waals surface area contributed by atoms with Gasteiger partial charge in [-0.2, -0.15) is 0 Å². The van der Waals surface area contributed by atoms with E-state index in [1.54, 1.807) is 6.07 Å². The van der Waals surface area contributed by atoms with Gasteiger partial charge in [0.15, 0.2) is 17.3 Å². The monoisotopic (exact) mass is 418 g/mol. The molecule has 0 saturated carbocycles. The molecular formula is C21H22O9. The Kier molecular flexibility index (Phi) is 5.81. The minimum Gasteiger partial charge on any atom is -0.507 e. The average Bonchev–Trinajstić information content (AvgIpc) is 2.76. The number of fused-ring (bicyclic) bond motifs is 1. The van der Waals surface area contributed by atoms with Crippen LogP contribution < -0.4 is 33.8 Å². The van der Waals surface area contributed by atoms with Gasteiger partial charge in [0.1, 0.15) is 33.8 Å². The number of ether oxygens (including phenoxy) is 6. The summed E-state index contributed by atoms with van der Waals surface area (Å²) < 4.78 is 38.4. The molecule has 3 aromatic rings. The van der Waals surface area contributed by atoms with Gasteiger partial charge in [-0.05, 0) is 0 Å². The maximum Gasteiger partial charge on any atom is 0.239 e. The molecule has 0 unspecified atom stereocenters. The second-order valence-corrected chi connectivity index (χ2v) is 6.04. The van der Waals surface area contributed by atoms with Crippen molar-refractivity contribution in [1.29, 1.82) is 0 Å². The van der Waals surface area contributed by atoms with Crippen LogP contribution in [0.15, 0.2) is 27.4 Å². The summed E-state index contributed by atoms with van der Waals surface area (Å²) in [5, 5.41) is 10.3. The molecule has 0 aliphatic carbocycles. The largest absolute Gasteiger partial charge is 0.507 e. The number of rotatable bonds is 7. The van der Waals surface area contributed by atoms with Crippen molar-refractivity contribution >= 4 is 11.0 Å². The highest BCUT2D eigenvalue weighted by Crippen LogP contribution is 2.52. The number of aromatic hydroxyl groups is 1. The van der Waals surface area contributed by atoms with Gasteiger partial charge in [0.25, 0.3) is 0 Å². The van der Waals surface area contributed by atoms with Crippen molar-refractivity contribution in [2.45, 2.75) is 0 Å². The fraction of sp³-hybridized carbons (Fsp3) is 0.286. The predicted molar refractivity (Wildman–Crippen MR) is 109 cm³/mol. The topological polar surface area (TPSA) is 106 Å². The van der Waals surface area contributed by atoms with E-state index in [0.717, 1.165) is 0 Å². The normalized spacial score (nSPS) is 10.6. The Morgan fingerprint density at radius 2 is 1.37 bits per heavy atom. The van der Waals surface area contributed by atoms with Crippen LogP contribution in [-0.2, 0) is 0 Å². The molecule has 0 saturated heterocycles. The van der Waals surface area contributed by atoms with E-state index in [9.17, 15) is 9.90 Å². The van der Waals surface area contributed by atoms with E-state index in [1.165, 1.54) is 54.8 Å². The van der Waals surface area contributed by atoms with Gasteiger partial charge in [0.2, 0.25) is 16.9 Å². The lowest BCUT2D eigenvalue weighted by Crippen LogP contribution is -2.09. The Morgan fingerprint density at radius 1 is 0.733 bits per heavy atom. The van der Waals surface area contributed by atoms with Crippen molar-refractivity contribution in [2.24, 2.45) is 0 Å². The molecule has 9 heteroatoms. The van der Waals surface area contributed by atoms with Crippen LogP contribution in [0.5, 0.6) is 40.2 Å². The first-order valence-corrected chi connectivity index (χ1v) is 8.74. The first-order chi connectivity index (χ1) is 14.4. The van der Waals surface area contributed by atoms with Crippen molar-refractivity contribution in [3.63, 3.8) is 0 Å². The Bertz CT molecular complexity index is 1150. The molecule has 0 atom stereocenters. The lowest BCUT2D eigenvalue weighted by Gasteiger charge is -2.19. The molecule has 0 spiro atoms. The Labute approximate surface area is 172 Å². The van der Waals surface area contributed by atoms with Crippen LogP contribution in [0.25, 0.3) is 22.3 Å². The van der Waals surface area contributed by atoms with Gasteiger partial charge >= 0.3 is 0 Å². The predicted octanol–water partition coefficient (Wildman–Crippen LogP) is 3.22. The average molecular weight is 418 g/mol. The number of hydrogen-bond acceptors (Lipinski definition) is 9. The summed E-state index contributed by atoms with van der Waals surface area (Å²) in [6, 6.07) is 4.37. The quantitative estimate of drug-likeness (QED) is 0.619. The molecule has 0 aliphatic heterocycles. The van der Waals surface area contributed by atoms with E-state index >= 15 is 0 Å². The van der Waals surface area contributed by atoms with Crippen molar-refractivity contribution < 1.29 is 37.9 Å². The number of benzene rings is 2. The molecule has 0 radical (unpaired) electrons. The van der Waals surface area contributed by atoms with Crippen molar-refractivity contribution in [3.05, 3.63) is 28.4 Å². The zero-order chi connectivity index (χ0) is 22.0. The van der Waals surface area contributed by atoms with Crippen LogP contribution >= 0.6 is 0 Å². The minimum absolute atomic E-state index is 0.0253. The number of phenols is 1. The fourth-order valence-electron chi connectivity index (χ4n) is 3.24. The van der Waals surface area contributed by atoms with E-state index in [0.29, 0.717) is 11.5 Å². The lowest BCUT2D eigenvalue weighted by atomic mass is 10.1. The van der Waals surface area contributed by atoms with E-state index in [4.69, 9.17) is 32.8 Å². The summed E-state index contributed by atoms with van der Waals surface area (Å²) in [6.07, 6.45) is 0. The number of phenolic OH excluding ortho intramolecular Hbond substituents is 1. The molecule has 0 bridgehead atoms. The maximum atomic E-state index is 13.1. The summed E-state index contributed by atoms with van der Waals surface area (Å²) in [5.74, 6) is 1.02. The third kappa shape index (κ3) is 3.18. The van der Waals surface area contributed by atoms with Gasteiger partial charge in [-0.15, -0.1) is 0 Å². The molecule has 2 aromatic carbocycles. The van der Waals surface area contributed by atoms with Crippen LogP contribution in [-0.4, -0.2) is 47.8 Å². The van der Waals surface area contributed by atoms with E-state index in [2.05, 4.69) is 0 Å². The van der Waals surface area contributed by atoms with E-state index in [1.807, 2.05) is 0 Å². The van der Waals surface area contributed by atoms with Gasteiger partial charge in [-0.25, -0.2) is 0 Å². The first-order valence-electron chi connectivity index (χ1n) is 8.74. The second kappa shape index (κ2) is 8.32. The zero-order valence-electron chi connectivity index (χ0n) is 17.4. The molecule has 3 rings (SSSR count). The summed E-state index contributed by atoms with van der Waals surface area (Å²) in [6.45, 7) is 0. The van der Waals surface area contributed by atoms with Crippen molar-refractivity contribution in [2.75, 3.05) is 42.7 Å². The molecule has 160 valence electrons. The summed E-state index contributed by atoms with van der Waals surface area (Å²) in [7, 11) is 8.56. The second-order valence-electron chi connectivity index (χ2n) is 6.04. The van der Waals surface area contributed by atoms with Crippen molar-refractivity contribution in [3.8, 4) is 51.6 Å². The van der Waals surface area contributed by atoms with E-state index < -0.39 is 5.43 Å². The standard InChI is InChI=1S/C21H22O9/c1-24-10-7-11(22)15-13(8-10)30-20(21(29-6)17(15)23)16-12(25-2)9-14(26-3)18(27-4)19(16)28-5/h7-9,22H,1-6H3. The smallest absolute Gasteiger partial charge is 0.239 e. The van der Waals surface area contributed by atoms with Crippen molar-refractivity contribution in [1.82, 2.24) is 0 Å². The summed E-state index contributed by atoms with van der Waals surface area (Å²) in [5.41, 5.74) is -0.213. The number of methoxy groups -OCH3 is 6. The van der Waals surface area contributed by atoms with Gasteiger partial charge in [0, 0.05) is 18.2 Å². The third-order valence-corrected chi connectivity index (χ3v) is 4.59. The molecule has 0 aliphatic rings. The molecule has 1 N–H and O–H groups in total. The zero-order valence-corrected chi connectivity index (χ0v) is 17.4. The van der Waals surface area contributed by atoms with Gasteiger partial charge in [0.05, 0.1) is 42.7 Å². The Balaban J connectivity index is 2.51. The van der Waals surface area contributed by atoms with Crippen LogP contribution in [0.1, 0.15) is 0 Å². The van der Waals surface area contributed by atoms with Gasteiger partial charge in [-0.3, -0.25) is 4.79 Å². The molecule has 1 aromatic heterocycles. The highest BCUT2D eigenvalue weighted by molar-refractivity contribution is 5.91. The van der Waals surface area contributed by atoms with Crippen LogP contribution in [0.4, 0.5) is 0 Å². The molecule has 30 heavy (non-hydrogen) atoms. The molecule has 0 amide bonds. The van der Waals surface area contributed by atoms with Crippen LogP contribution in [0.3, 0.4) is 0 Å². The highest BCUT2D eigenvalue weighted by Gasteiger charge is 2.29. The first kappa shape index (κ1) is 21.0. The molecule has 1 heterocycles. The van der Waals surface area contributed by atoms with E-state index in [-0.39, 0.29) is 51.0 Å². The summed E-state index contributed by atoms with van der Waals surface area (Å²) >= 11 is 0.